The van der Waals surface area contributed by atoms with Crippen LogP contribution in [0.25, 0.3) is 0 Å². The Balaban J connectivity index is 1.55. The van der Waals surface area contributed by atoms with Crippen LogP contribution in [0.5, 0.6) is 0 Å². The van der Waals surface area contributed by atoms with Gasteiger partial charge in [-0.05, 0) is 30.5 Å². The summed E-state index contributed by atoms with van der Waals surface area (Å²) in [6.45, 7) is 1.26. The highest BCUT2D eigenvalue weighted by molar-refractivity contribution is 5.80. The Morgan fingerprint density at radius 3 is 2.83 bits per heavy atom. The maximum atomic E-state index is 13.2. The Bertz CT molecular complexity index is 635. The molecule has 0 unspecified atom stereocenters. The molecule has 2 saturated heterocycles. The number of hydrogen-bond acceptors (Lipinski definition) is 2. The summed E-state index contributed by atoms with van der Waals surface area (Å²) >= 11 is 0. The summed E-state index contributed by atoms with van der Waals surface area (Å²) in [4.78, 5) is 27.7. The van der Waals surface area contributed by atoms with E-state index in [9.17, 15) is 18.4 Å². The van der Waals surface area contributed by atoms with Crippen LogP contribution < -0.4 is 0 Å². The number of hydrogen-bond donors (Lipinski definition) is 0. The molecule has 0 radical (unpaired) electrons. The lowest BCUT2D eigenvalue weighted by Crippen LogP contribution is -2.47. The molecule has 6 heteroatoms. The molecule has 2 amide bonds. The van der Waals surface area contributed by atoms with E-state index in [0.717, 1.165) is 18.6 Å². The monoisotopic (exact) mass is 322 g/mol. The van der Waals surface area contributed by atoms with Gasteiger partial charge in [0.1, 0.15) is 0 Å². The van der Waals surface area contributed by atoms with Crippen LogP contribution in [0.2, 0.25) is 0 Å². The van der Waals surface area contributed by atoms with Crippen LogP contribution in [0, 0.1) is 17.6 Å². The summed E-state index contributed by atoms with van der Waals surface area (Å²) in [5.41, 5.74) is 0.614. The number of halogens is 2. The Morgan fingerprint density at radius 2 is 2.09 bits per heavy atom. The second-order valence-electron chi connectivity index (χ2n) is 6.41. The number of carbonyl (C=O) groups is 2. The van der Waals surface area contributed by atoms with Crippen molar-refractivity contribution in [2.24, 2.45) is 5.92 Å². The third-order valence-corrected chi connectivity index (χ3v) is 4.99. The van der Waals surface area contributed by atoms with Crippen LogP contribution >= 0.6 is 0 Å². The van der Waals surface area contributed by atoms with Gasteiger partial charge in [0, 0.05) is 44.9 Å². The summed E-state index contributed by atoms with van der Waals surface area (Å²) in [6.07, 6.45) is 1.98. The average Bonchev–Trinajstić information content (AvgIpc) is 2.82. The number of rotatable bonds is 3. The maximum Gasteiger partial charge on any atom is 0.222 e. The van der Waals surface area contributed by atoms with Crippen LogP contribution in [0.4, 0.5) is 8.78 Å². The van der Waals surface area contributed by atoms with Gasteiger partial charge in [-0.2, -0.15) is 0 Å². The van der Waals surface area contributed by atoms with Gasteiger partial charge >= 0.3 is 0 Å². The molecule has 2 aliphatic rings. The first-order valence-electron chi connectivity index (χ1n) is 7.93. The van der Waals surface area contributed by atoms with Crippen LogP contribution in [-0.4, -0.2) is 47.8 Å². The molecule has 0 spiro atoms. The van der Waals surface area contributed by atoms with E-state index < -0.39 is 11.6 Å². The summed E-state index contributed by atoms with van der Waals surface area (Å²) in [7, 11) is 1.83. The molecule has 2 atom stereocenters. The minimum absolute atomic E-state index is 0.00943. The number of piperidine rings is 1. The second-order valence-corrected chi connectivity index (χ2v) is 6.41. The van der Waals surface area contributed by atoms with Crippen molar-refractivity contribution in [1.82, 2.24) is 9.80 Å². The van der Waals surface area contributed by atoms with E-state index in [0.29, 0.717) is 31.5 Å². The van der Waals surface area contributed by atoms with Crippen molar-refractivity contribution in [1.29, 1.82) is 0 Å². The third kappa shape index (κ3) is 3.21. The Kier molecular flexibility index (Phi) is 4.33. The van der Waals surface area contributed by atoms with Gasteiger partial charge in [-0.3, -0.25) is 9.59 Å². The number of nitrogens with zero attached hydrogens (tertiary/aromatic N) is 2. The lowest BCUT2D eigenvalue weighted by molar-refractivity contribution is -0.133. The molecule has 0 aromatic heterocycles. The van der Waals surface area contributed by atoms with E-state index in [1.165, 1.54) is 6.07 Å². The fraction of sp³-hybridized carbons (Fsp3) is 0.529. The van der Waals surface area contributed by atoms with Gasteiger partial charge in [-0.15, -0.1) is 0 Å². The van der Waals surface area contributed by atoms with Gasteiger partial charge in [-0.1, -0.05) is 6.07 Å². The molecule has 2 fully saturated rings. The van der Waals surface area contributed by atoms with Crippen LogP contribution in [0.1, 0.15) is 24.8 Å². The molecule has 3 rings (SSSR count). The van der Waals surface area contributed by atoms with E-state index in [4.69, 9.17) is 0 Å². The summed E-state index contributed by atoms with van der Waals surface area (Å²) < 4.78 is 26.1. The first-order valence-corrected chi connectivity index (χ1v) is 7.93. The molecule has 1 aromatic carbocycles. The predicted molar refractivity (Wildman–Crippen MR) is 80.5 cm³/mol. The van der Waals surface area contributed by atoms with Crippen LogP contribution in [0.15, 0.2) is 18.2 Å². The van der Waals surface area contributed by atoms with Gasteiger partial charge in [0.2, 0.25) is 11.8 Å². The van der Waals surface area contributed by atoms with Crippen molar-refractivity contribution in [3.05, 3.63) is 35.4 Å². The van der Waals surface area contributed by atoms with E-state index in [2.05, 4.69) is 0 Å². The number of likely N-dealkylation sites (tertiary alicyclic amines) is 2. The van der Waals surface area contributed by atoms with E-state index in [-0.39, 0.29) is 30.2 Å². The second kappa shape index (κ2) is 6.26. The minimum atomic E-state index is -0.886. The van der Waals surface area contributed by atoms with Crippen LogP contribution in [0.3, 0.4) is 0 Å². The minimum Gasteiger partial charge on any atom is -0.342 e. The molecule has 4 nitrogen and oxygen atoms in total. The van der Waals surface area contributed by atoms with Crippen LogP contribution in [-0.2, 0) is 16.0 Å². The van der Waals surface area contributed by atoms with Crippen molar-refractivity contribution in [2.45, 2.75) is 31.7 Å². The smallest absolute Gasteiger partial charge is 0.222 e. The lowest BCUT2D eigenvalue weighted by Gasteiger charge is -2.36. The summed E-state index contributed by atoms with van der Waals surface area (Å²) in [5, 5.41) is 0. The molecule has 2 heterocycles. The van der Waals surface area contributed by atoms with Crippen molar-refractivity contribution < 1.29 is 18.4 Å². The highest BCUT2D eigenvalue weighted by atomic mass is 19.2. The molecule has 23 heavy (non-hydrogen) atoms. The number of carbonyl (C=O) groups excluding carboxylic acids is 2. The van der Waals surface area contributed by atoms with Crippen molar-refractivity contribution in [3.63, 3.8) is 0 Å². The number of fused-ring (bicyclic) bond motifs is 1. The predicted octanol–water partition coefficient (Wildman–Crippen LogP) is 1.98. The molecular weight excluding hydrogens is 302 g/mol. The SMILES string of the molecule is CN1C(=O)C[C@@H]2CN(C(=O)CCc3ccc(F)c(F)c3)CC[C@@H]21. The lowest BCUT2D eigenvalue weighted by atomic mass is 9.92. The van der Waals surface area contributed by atoms with Gasteiger partial charge in [-0.25, -0.2) is 8.78 Å². The van der Waals surface area contributed by atoms with Gasteiger partial charge in [0.15, 0.2) is 11.6 Å². The third-order valence-electron chi connectivity index (χ3n) is 4.99. The van der Waals surface area contributed by atoms with Crippen molar-refractivity contribution in [2.75, 3.05) is 20.1 Å². The van der Waals surface area contributed by atoms with Gasteiger partial charge < -0.3 is 9.80 Å². The molecular formula is C17H20F2N2O2. The van der Waals surface area contributed by atoms with Crippen molar-refractivity contribution >= 4 is 11.8 Å². The Hall–Kier alpha value is -1.98. The maximum absolute atomic E-state index is 13.2. The molecule has 1 aromatic rings. The van der Waals surface area contributed by atoms with E-state index in [1.54, 1.807) is 9.80 Å². The fourth-order valence-electron chi connectivity index (χ4n) is 3.61. The molecule has 2 aliphatic heterocycles. The van der Waals surface area contributed by atoms with Gasteiger partial charge in [0.25, 0.3) is 0 Å². The molecule has 0 bridgehead atoms. The zero-order valence-corrected chi connectivity index (χ0v) is 13.1. The highest BCUT2D eigenvalue weighted by Crippen LogP contribution is 2.31. The number of benzene rings is 1. The highest BCUT2D eigenvalue weighted by Gasteiger charge is 2.41. The molecule has 124 valence electrons. The number of amides is 2. The summed E-state index contributed by atoms with van der Waals surface area (Å²) in [5.74, 6) is -1.39. The zero-order chi connectivity index (χ0) is 16.6. The fourth-order valence-corrected chi connectivity index (χ4v) is 3.61. The Morgan fingerprint density at radius 1 is 1.30 bits per heavy atom. The number of aryl methyl sites for hydroxylation is 1. The quantitative estimate of drug-likeness (QED) is 0.854. The standard InChI is InChI=1S/C17H20F2N2O2/c1-20-15-6-7-21(10-12(15)9-17(20)23)16(22)5-3-11-2-4-13(18)14(19)8-11/h2,4,8,12,15H,3,5-7,9-10H2,1H3/t12-,15+/m1/s1. The van der Waals surface area contributed by atoms with Crippen molar-refractivity contribution in [3.8, 4) is 0 Å². The Labute approximate surface area is 134 Å². The first kappa shape index (κ1) is 15.9. The average molecular weight is 322 g/mol. The first-order chi connectivity index (χ1) is 11.0. The molecule has 0 N–H and O–H groups in total. The van der Waals surface area contributed by atoms with Gasteiger partial charge in [0.05, 0.1) is 0 Å². The summed E-state index contributed by atoms with van der Waals surface area (Å²) in [6, 6.07) is 3.97. The van der Waals surface area contributed by atoms with E-state index in [1.807, 2.05) is 7.05 Å². The largest absolute Gasteiger partial charge is 0.342 e. The molecule has 0 aliphatic carbocycles. The molecule has 0 saturated carbocycles. The normalized spacial score (nSPS) is 24.0. The topological polar surface area (TPSA) is 40.6 Å². The van der Waals surface area contributed by atoms with E-state index >= 15 is 0 Å². The zero-order valence-electron chi connectivity index (χ0n) is 13.1.